The maximum Gasteiger partial charge on any atom is 0.419 e. The van der Waals surface area contributed by atoms with Gasteiger partial charge in [-0.15, -0.1) is 0 Å². The topological polar surface area (TPSA) is 52.0 Å². The highest BCUT2D eigenvalue weighted by molar-refractivity contribution is 6.28. The molecule has 1 aliphatic heterocycles. The Balaban J connectivity index is 1.72. The zero-order valence-electron chi connectivity index (χ0n) is 15.6. The van der Waals surface area contributed by atoms with Crippen molar-refractivity contribution in [2.75, 3.05) is 11.9 Å². The number of nitrogens with zero attached hydrogens (tertiary/aromatic N) is 3. The number of hydrogen-bond donors (Lipinski definition) is 1. The van der Waals surface area contributed by atoms with Crippen molar-refractivity contribution in [3.63, 3.8) is 0 Å². The molecule has 0 amide bonds. The van der Waals surface area contributed by atoms with Gasteiger partial charge in [0.2, 0.25) is 5.28 Å². The smallest absolute Gasteiger partial charge is 0.367 e. The molecule has 0 unspecified atom stereocenters. The molecule has 0 saturated carbocycles. The van der Waals surface area contributed by atoms with Crippen molar-refractivity contribution in [2.24, 2.45) is 0 Å². The number of hydrogen-bond acceptors (Lipinski definition) is 4. The van der Waals surface area contributed by atoms with Gasteiger partial charge in [0.25, 0.3) is 0 Å². The summed E-state index contributed by atoms with van der Waals surface area (Å²) in [7, 11) is 0. The quantitative estimate of drug-likeness (QED) is 0.464. The summed E-state index contributed by atoms with van der Waals surface area (Å²) in [6.45, 7) is 4.74. The van der Waals surface area contributed by atoms with Gasteiger partial charge in [0.05, 0.1) is 23.3 Å². The van der Waals surface area contributed by atoms with Gasteiger partial charge >= 0.3 is 6.18 Å². The number of anilines is 1. The van der Waals surface area contributed by atoms with Crippen LogP contribution in [-0.4, -0.2) is 21.1 Å². The Kier molecular flexibility index (Phi) is 4.70. The highest BCUT2D eigenvalue weighted by Crippen LogP contribution is 2.36. The highest BCUT2D eigenvalue weighted by atomic mass is 35.5. The number of benzene rings is 1. The Morgan fingerprint density at radius 1 is 1.28 bits per heavy atom. The maximum atomic E-state index is 14.3. The zero-order chi connectivity index (χ0) is 21.0. The van der Waals surface area contributed by atoms with Crippen LogP contribution in [0.5, 0.6) is 0 Å². The van der Waals surface area contributed by atoms with Crippen LogP contribution in [0, 0.1) is 5.82 Å². The minimum absolute atomic E-state index is 0.0188. The first-order valence-corrected chi connectivity index (χ1v) is 9.25. The van der Waals surface area contributed by atoms with Crippen molar-refractivity contribution in [3.8, 4) is 0 Å². The van der Waals surface area contributed by atoms with Gasteiger partial charge in [0.1, 0.15) is 22.9 Å². The first kappa shape index (κ1) is 19.9. The molecule has 1 aliphatic rings. The molecule has 1 aromatic carbocycles. The maximum absolute atomic E-state index is 14.3. The first-order valence-electron chi connectivity index (χ1n) is 8.87. The molecule has 29 heavy (non-hydrogen) atoms. The lowest BCUT2D eigenvalue weighted by Crippen LogP contribution is -2.32. The average molecular weight is 429 g/mol. The van der Waals surface area contributed by atoms with E-state index in [0.717, 1.165) is 5.69 Å². The molecule has 154 valence electrons. The third kappa shape index (κ3) is 3.53. The van der Waals surface area contributed by atoms with Gasteiger partial charge in [0.15, 0.2) is 0 Å². The molecule has 0 spiro atoms. The van der Waals surface area contributed by atoms with E-state index < -0.39 is 23.2 Å². The molecule has 10 heteroatoms. The van der Waals surface area contributed by atoms with Crippen LogP contribution < -0.4 is 5.32 Å². The molecule has 0 bridgehead atoms. The van der Waals surface area contributed by atoms with Crippen LogP contribution in [0.25, 0.3) is 11.0 Å². The average Bonchev–Trinajstić information content (AvgIpc) is 3.00. The molecule has 5 nitrogen and oxygen atoms in total. The van der Waals surface area contributed by atoms with Gasteiger partial charge in [0, 0.05) is 18.7 Å². The summed E-state index contributed by atoms with van der Waals surface area (Å²) < 4.78 is 60.9. The van der Waals surface area contributed by atoms with Crippen molar-refractivity contribution < 1.29 is 22.3 Å². The lowest BCUT2D eigenvalue weighted by molar-refractivity contribution is -0.140. The van der Waals surface area contributed by atoms with E-state index in [2.05, 4.69) is 15.3 Å². The molecule has 4 rings (SSSR count). The minimum atomic E-state index is -4.77. The van der Waals surface area contributed by atoms with E-state index in [1.54, 1.807) is 0 Å². The second-order valence-corrected chi connectivity index (χ2v) is 7.59. The summed E-state index contributed by atoms with van der Waals surface area (Å²) in [5.41, 5.74) is -0.515. The van der Waals surface area contributed by atoms with Crippen molar-refractivity contribution >= 4 is 28.5 Å². The molecule has 2 aromatic heterocycles. The molecule has 3 heterocycles. The van der Waals surface area contributed by atoms with Gasteiger partial charge in [-0.05, 0) is 37.6 Å². The van der Waals surface area contributed by atoms with Crippen LogP contribution in [0.15, 0.2) is 24.3 Å². The predicted octanol–water partition coefficient (Wildman–Crippen LogP) is 5.12. The summed E-state index contributed by atoms with van der Waals surface area (Å²) in [5.74, 6) is -0.996. The number of aromatic nitrogens is 3. The van der Waals surface area contributed by atoms with Crippen molar-refractivity contribution in [1.29, 1.82) is 0 Å². The van der Waals surface area contributed by atoms with Crippen LogP contribution in [0.3, 0.4) is 0 Å². The largest absolute Gasteiger partial charge is 0.419 e. The number of rotatable bonds is 3. The van der Waals surface area contributed by atoms with Gasteiger partial charge in [-0.2, -0.15) is 18.2 Å². The van der Waals surface area contributed by atoms with Crippen LogP contribution in [-0.2, 0) is 29.6 Å². The number of halogens is 5. The summed E-state index contributed by atoms with van der Waals surface area (Å²) in [6, 6.07) is 5.03. The molecule has 3 aromatic rings. The van der Waals surface area contributed by atoms with Gasteiger partial charge < -0.3 is 14.6 Å². The minimum Gasteiger partial charge on any atom is -0.367 e. The third-order valence-corrected chi connectivity index (χ3v) is 5.12. The summed E-state index contributed by atoms with van der Waals surface area (Å²) >= 11 is 6.06. The molecule has 1 N–H and O–H groups in total. The Bertz CT molecular complexity index is 1090. The zero-order valence-corrected chi connectivity index (χ0v) is 16.3. The van der Waals surface area contributed by atoms with Crippen LogP contribution in [0.1, 0.15) is 30.7 Å². The molecule has 0 atom stereocenters. The molecular weight excluding hydrogens is 412 g/mol. The Morgan fingerprint density at radius 2 is 2.03 bits per heavy atom. The van der Waals surface area contributed by atoms with Crippen LogP contribution >= 0.6 is 11.6 Å². The molecule has 0 fully saturated rings. The van der Waals surface area contributed by atoms with Crippen LogP contribution in [0.2, 0.25) is 5.28 Å². The summed E-state index contributed by atoms with van der Waals surface area (Å²) in [6.07, 6.45) is -4.77. The molecule has 0 aliphatic carbocycles. The van der Waals surface area contributed by atoms with E-state index in [1.807, 2.05) is 24.5 Å². The fourth-order valence-corrected chi connectivity index (χ4v) is 3.70. The lowest BCUT2D eigenvalue weighted by atomic mass is 10.0. The Hall–Kier alpha value is -2.39. The first-order chi connectivity index (χ1) is 13.6. The SMILES string of the molecule is CC1(C)OCCn2c1cc1c(NCc3cccc(C(F)(F)F)c3F)nc(Cl)nc12. The van der Waals surface area contributed by atoms with E-state index in [1.165, 1.54) is 12.1 Å². The van der Waals surface area contributed by atoms with Gasteiger partial charge in [-0.3, -0.25) is 0 Å². The Morgan fingerprint density at radius 3 is 2.76 bits per heavy atom. The highest BCUT2D eigenvalue weighted by Gasteiger charge is 2.35. The van der Waals surface area contributed by atoms with E-state index >= 15 is 0 Å². The standard InChI is InChI=1S/C19H17ClF4N4O/c1-18(2)13-8-11-15(26-17(20)27-16(11)28(13)6-7-29-18)25-9-10-4-3-5-12(14(10)21)19(22,23)24/h3-5,8H,6-7,9H2,1-2H3,(H,25,26,27). The van der Waals surface area contributed by atoms with Crippen molar-refractivity contribution in [1.82, 2.24) is 14.5 Å². The van der Waals surface area contributed by atoms with E-state index in [9.17, 15) is 17.6 Å². The second kappa shape index (κ2) is 6.84. The summed E-state index contributed by atoms with van der Waals surface area (Å²) in [4.78, 5) is 8.45. The van der Waals surface area contributed by atoms with Crippen molar-refractivity contribution in [2.45, 2.75) is 38.7 Å². The fourth-order valence-electron chi connectivity index (χ4n) is 3.54. The number of nitrogens with one attached hydrogen (secondary N) is 1. The van der Waals surface area contributed by atoms with Gasteiger partial charge in [-0.25, -0.2) is 9.37 Å². The van der Waals surface area contributed by atoms with E-state index in [4.69, 9.17) is 16.3 Å². The summed E-state index contributed by atoms with van der Waals surface area (Å²) in [5, 5.41) is 3.52. The Labute approximate surface area is 168 Å². The normalized spacial score (nSPS) is 16.1. The van der Waals surface area contributed by atoms with Crippen LogP contribution in [0.4, 0.5) is 23.4 Å². The molecule has 0 radical (unpaired) electrons. The third-order valence-electron chi connectivity index (χ3n) is 4.95. The monoisotopic (exact) mass is 428 g/mol. The molecular formula is C19H17ClF4N4O. The fraction of sp³-hybridized carbons (Fsp3) is 0.368. The second-order valence-electron chi connectivity index (χ2n) is 7.25. The number of fused-ring (bicyclic) bond motifs is 3. The van der Waals surface area contributed by atoms with E-state index in [0.29, 0.717) is 36.1 Å². The molecule has 0 saturated heterocycles. The number of ether oxygens (including phenoxy) is 1. The lowest BCUT2D eigenvalue weighted by Gasteiger charge is -2.31. The number of alkyl halides is 3. The van der Waals surface area contributed by atoms with Crippen molar-refractivity contribution in [3.05, 3.63) is 52.2 Å². The van der Waals surface area contributed by atoms with Gasteiger partial charge in [-0.1, -0.05) is 12.1 Å². The predicted molar refractivity (Wildman–Crippen MR) is 100 cm³/mol. The van der Waals surface area contributed by atoms with E-state index in [-0.39, 0.29) is 17.4 Å².